The molecule has 1 unspecified atom stereocenters. The molecule has 0 aliphatic rings. The normalized spacial score (nSPS) is 15.0. The first-order chi connectivity index (χ1) is 5.16. The predicted octanol–water partition coefficient (Wildman–Crippen LogP) is 3.42. The molecule has 0 aliphatic heterocycles. The van der Waals surface area contributed by atoms with E-state index in [2.05, 4.69) is 27.7 Å². The van der Waals surface area contributed by atoms with Gasteiger partial charge in [-0.15, -0.1) is 0 Å². The molecule has 0 spiro atoms. The highest BCUT2D eigenvalue weighted by atomic mass is 28.4. The minimum atomic E-state index is -1.32. The SMILES string of the molecule is CCC(C)[Si](CC)(CC)OC. The summed E-state index contributed by atoms with van der Waals surface area (Å²) in [5.74, 6) is 0. The number of rotatable bonds is 5. The molecule has 11 heavy (non-hydrogen) atoms. The Hall–Kier alpha value is 0.177. The zero-order chi connectivity index (χ0) is 8.91. The molecule has 0 aliphatic carbocycles. The zero-order valence-electron chi connectivity index (χ0n) is 8.61. The van der Waals surface area contributed by atoms with E-state index in [1.165, 1.54) is 18.5 Å². The van der Waals surface area contributed by atoms with Gasteiger partial charge in [-0.3, -0.25) is 0 Å². The van der Waals surface area contributed by atoms with Crippen LogP contribution in [0.2, 0.25) is 17.6 Å². The van der Waals surface area contributed by atoms with Crippen molar-refractivity contribution in [2.45, 2.75) is 51.7 Å². The third-order valence-electron chi connectivity index (χ3n) is 3.11. The van der Waals surface area contributed by atoms with Crippen molar-refractivity contribution in [1.29, 1.82) is 0 Å². The second kappa shape index (κ2) is 4.94. The third kappa shape index (κ3) is 2.31. The molecule has 0 fully saturated rings. The van der Waals surface area contributed by atoms with Crippen molar-refractivity contribution in [2.75, 3.05) is 7.11 Å². The summed E-state index contributed by atoms with van der Waals surface area (Å²) in [5, 5.41) is 0. The van der Waals surface area contributed by atoms with Crippen molar-refractivity contribution in [3.8, 4) is 0 Å². The monoisotopic (exact) mass is 174 g/mol. The lowest BCUT2D eigenvalue weighted by Gasteiger charge is -2.32. The fourth-order valence-electron chi connectivity index (χ4n) is 1.81. The predicted molar refractivity (Wildman–Crippen MR) is 53.4 cm³/mol. The Morgan fingerprint density at radius 1 is 1.18 bits per heavy atom. The van der Waals surface area contributed by atoms with Gasteiger partial charge in [0.15, 0.2) is 8.32 Å². The van der Waals surface area contributed by atoms with Crippen LogP contribution in [0.1, 0.15) is 34.1 Å². The third-order valence-corrected chi connectivity index (χ3v) is 8.53. The molecule has 0 aromatic heterocycles. The van der Waals surface area contributed by atoms with Gasteiger partial charge in [0, 0.05) is 7.11 Å². The molecule has 68 valence electrons. The van der Waals surface area contributed by atoms with Crippen LogP contribution < -0.4 is 0 Å². The van der Waals surface area contributed by atoms with Crippen molar-refractivity contribution in [3.05, 3.63) is 0 Å². The summed E-state index contributed by atoms with van der Waals surface area (Å²) in [6.07, 6.45) is 1.27. The van der Waals surface area contributed by atoms with Crippen LogP contribution in [-0.2, 0) is 4.43 Å². The maximum atomic E-state index is 5.73. The average Bonchev–Trinajstić information content (AvgIpc) is 2.08. The molecule has 0 amide bonds. The van der Waals surface area contributed by atoms with Crippen molar-refractivity contribution < 1.29 is 4.43 Å². The molecule has 0 aromatic carbocycles. The van der Waals surface area contributed by atoms with Crippen LogP contribution in [0.25, 0.3) is 0 Å². The molecule has 0 saturated heterocycles. The molecule has 0 saturated carbocycles. The van der Waals surface area contributed by atoms with E-state index in [9.17, 15) is 0 Å². The summed E-state index contributed by atoms with van der Waals surface area (Å²) < 4.78 is 5.73. The second-order valence-electron chi connectivity index (χ2n) is 3.29. The minimum Gasteiger partial charge on any atom is -0.420 e. The summed E-state index contributed by atoms with van der Waals surface area (Å²) in [5.41, 5.74) is 0.808. The van der Waals surface area contributed by atoms with Gasteiger partial charge in [0.1, 0.15) is 0 Å². The van der Waals surface area contributed by atoms with E-state index in [1.54, 1.807) is 0 Å². The Kier molecular flexibility index (Phi) is 5.02. The maximum absolute atomic E-state index is 5.73. The first kappa shape index (κ1) is 11.2. The quantitative estimate of drug-likeness (QED) is 0.580. The summed E-state index contributed by atoms with van der Waals surface area (Å²) in [4.78, 5) is 0. The lowest BCUT2D eigenvalue weighted by atomic mass is 10.4. The summed E-state index contributed by atoms with van der Waals surface area (Å²) in [7, 11) is 0.573. The van der Waals surface area contributed by atoms with Gasteiger partial charge in [-0.2, -0.15) is 0 Å². The lowest BCUT2D eigenvalue weighted by molar-refractivity contribution is 0.378. The molecular formula is C9H22OSi. The molecule has 0 bridgehead atoms. The van der Waals surface area contributed by atoms with Crippen LogP contribution >= 0.6 is 0 Å². The Balaban J connectivity index is 4.26. The molecule has 0 rings (SSSR count). The topological polar surface area (TPSA) is 9.23 Å². The van der Waals surface area contributed by atoms with Crippen LogP contribution in [0.5, 0.6) is 0 Å². The number of hydrogen-bond donors (Lipinski definition) is 0. The van der Waals surface area contributed by atoms with Crippen molar-refractivity contribution in [1.82, 2.24) is 0 Å². The highest BCUT2D eigenvalue weighted by Gasteiger charge is 2.34. The molecule has 1 atom stereocenters. The van der Waals surface area contributed by atoms with E-state index in [-0.39, 0.29) is 0 Å². The van der Waals surface area contributed by atoms with E-state index >= 15 is 0 Å². The molecule has 0 N–H and O–H groups in total. The van der Waals surface area contributed by atoms with E-state index in [4.69, 9.17) is 4.43 Å². The molecule has 0 heterocycles. The minimum absolute atomic E-state index is 0.808. The Morgan fingerprint density at radius 3 is 1.73 bits per heavy atom. The summed E-state index contributed by atoms with van der Waals surface area (Å²) in [6.45, 7) is 9.14. The Morgan fingerprint density at radius 2 is 1.64 bits per heavy atom. The fraction of sp³-hybridized carbons (Fsp3) is 1.00. The number of hydrogen-bond acceptors (Lipinski definition) is 1. The molecule has 0 aromatic rings. The van der Waals surface area contributed by atoms with Crippen LogP contribution in [0.4, 0.5) is 0 Å². The average molecular weight is 174 g/mol. The van der Waals surface area contributed by atoms with E-state index < -0.39 is 8.32 Å². The lowest BCUT2D eigenvalue weighted by Crippen LogP contribution is -2.39. The highest BCUT2D eigenvalue weighted by Crippen LogP contribution is 2.31. The summed E-state index contributed by atoms with van der Waals surface area (Å²) >= 11 is 0. The highest BCUT2D eigenvalue weighted by molar-refractivity contribution is 6.75. The molecule has 2 heteroatoms. The standard InChI is InChI=1S/C9H22OSi/c1-6-9(4)11(7-2,8-3)10-5/h9H,6-8H2,1-5H3. The van der Waals surface area contributed by atoms with Crippen molar-refractivity contribution in [3.63, 3.8) is 0 Å². The first-order valence-corrected chi connectivity index (χ1v) is 7.11. The van der Waals surface area contributed by atoms with Gasteiger partial charge in [0.2, 0.25) is 0 Å². The van der Waals surface area contributed by atoms with Gasteiger partial charge in [0.25, 0.3) is 0 Å². The van der Waals surface area contributed by atoms with Crippen LogP contribution in [0, 0.1) is 0 Å². The van der Waals surface area contributed by atoms with E-state index in [0.717, 1.165) is 5.54 Å². The van der Waals surface area contributed by atoms with E-state index in [1.807, 2.05) is 7.11 Å². The molecular weight excluding hydrogens is 152 g/mol. The van der Waals surface area contributed by atoms with Gasteiger partial charge in [-0.1, -0.05) is 34.1 Å². The largest absolute Gasteiger partial charge is 0.420 e. The van der Waals surface area contributed by atoms with Crippen molar-refractivity contribution >= 4 is 8.32 Å². The van der Waals surface area contributed by atoms with Crippen LogP contribution in [-0.4, -0.2) is 15.4 Å². The molecule has 1 nitrogen and oxygen atoms in total. The van der Waals surface area contributed by atoms with Crippen LogP contribution in [0.3, 0.4) is 0 Å². The van der Waals surface area contributed by atoms with E-state index in [0.29, 0.717) is 0 Å². The first-order valence-electron chi connectivity index (χ1n) is 4.72. The fourth-order valence-corrected chi connectivity index (χ4v) is 5.43. The van der Waals surface area contributed by atoms with Gasteiger partial charge < -0.3 is 4.43 Å². The smallest absolute Gasteiger partial charge is 0.194 e. The van der Waals surface area contributed by atoms with Gasteiger partial charge >= 0.3 is 0 Å². The van der Waals surface area contributed by atoms with Gasteiger partial charge in [0.05, 0.1) is 0 Å². The maximum Gasteiger partial charge on any atom is 0.194 e. The zero-order valence-corrected chi connectivity index (χ0v) is 9.61. The van der Waals surface area contributed by atoms with Gasteiger partial charge in [-0.25, -0.2) is 0 Å². The second-order valence-corrected chi connectivity index (χ2v) is 8.22. The Bertz CT molecular complexity index is 91.5. The van der Waals surface area contributed by atoms with Gasteiger partial charge in [-0.05, 0) is 17.6 Å². The van der Waals surface area contributed by atoms with Crippen LogP contribution in [0.15, 0.2) is 0 Å². The van der Waals surface area contributed by atoms with Crippen molar-refractivity contribution in [2.24, 2.45) is 0 Å². The Labute approximate surface area is 72.3 Å². The summed E-state index contributed by atoms with van der Waals surface area (Å²) in [6, 6.07) is 2.52. The molecule has 0 radical (unpaired) electrons.